The third-order valence-corrected chi connectivity index (χ3v) is 2.79. The van der Waals surface area contributed by atoms with Crippen LogP contribution in [0.3, 0.4) is 0 Å². The van der Waals surface area contributed by atoms with Crippen molar-refractivity contribution in [2.24, 2.45) is 0 Å². The minimum Gasteiger partial charge on any atom is -0.479 e. The Labute approximate surface area is 101 Å². The van der Waals surface area contributed by atoms with E-state index in [1.54, 1.807) is 0 Å². The summed E-state index contributed by atoms with van der Waals surface area (Å²) in [6.45, 7) is 0. The Balaban J connectivity index is 3.45. The Hall–Kier alpha value is -1.15. The number of hydrogen-bond acceptors (Lipinski definition) is 2. The molecule has 0 aliphatic rings. The van der Waals surface area contributed by atoms with Crippen molar-refractivity contribution in [3.8, 4) is 0 Å². The van der Waals surface area contributed by atoms with E-state index in [1.165, 1.54) is 0 Å². The molecule has 3 nitrogen and oxygen atoms in total. The van der Waals surface area contributed by atoms with Crippen LogP contribution in [0.2, 0.25) is 0 Å². The van der Waals surface area contributed by atoms with E-state index in [-0.39, 0.29) is 0 Å². The van der Waals surface area contributed by atoms with Crippen LogP contribution in [0.1, 0.15) is 17.2 Å². The summed E-state index contributed by atoms with van der Waals surface area (Å²) in [6, 6.07) is 0.909. The predicted octanol–water partition coefficient (Wildman–Crippen LogP) is 2.73. The molecule has 1 unspecified atom stereocenters. The first-order valence-electron chi connectivity index (χ1n) is 4.12. The van der Waals surface area contributed by atoms with Gasteiger partial charge in [0.15, 0.2) is 6.10 Å². The van der Waals surface area contributed by atoms with Crippen molar-refractivity contribution in [2.75, 3.05) is 0 Å². The summed E-state index contributed by atoms with van der Waals surface area (Å²) in [6.07, 6.45) is -7.15. The fraction of sp³-hybridized carbons (Fsp3) is 0.222. The Morgan fingerprint density at radius 1 is 1.35 bits per heavy atom. The minimum absolute atomic E-state index is 0.453. The molecule has 94 valence electrons. The number of alkyl halides is 3. The summed E-state index contributed by atoms with van der Waals surface area (Å²) < 4.78 is 49.7. The van der Waals surface area contributed by atoms with Gasteiger partial charge in [-0.15, -0.1) is 0 Å². The second-order valence-corrected chi connectivity index (χ2v) is 3.85. The molecule has 1 atom stereocenters. The van der Waals surface area contributed by atoms with E-state index in [2.05, 4.69) is 15.9 Å². The lowest BCUT2D eigenvalue weighted by molar-refractivity contribution is -0.147. The Morgan fingerprint density at radius 2 is 1.88 bits per heavy atom. The highest BCUT2D eigenvalue weighted by Crippen LogP contribution is 2.39. The minimum atomic E-state index is -4.78. The Bertz CT molecular complexity index is 458. The third kappa shape index (κ3) is 2.75. The summed E-state index contributed by atoms with van der Waals surface area (Å²) in [5.74, 6) is -3.08. The molecule has 0 bridgehead atoms. The fourth-order valence-corrected chi connectivity index (χ4v) is 1.93. The lowest BCUT2D eigenvalue weighted by atomic mass is 10.0. The Kier molecular flexibility index (Phi) is 3.78. The van der Waals surface area contributed by atoms with Gasteiger partial charge in [0.2, 0.25) is 0 Å². The maximum absolute atomic E-state index is 13.2. The molecule has 0 saturated carbocycles. The monoisotopic (exact) mass is 316 g/mol. The van der Waals surface area contributed by atoms with Gasteiger partial charge in [-0.25, -0.2) is 9.18 Å². The van der Waals surface area contributed by atoms with Crippen LogP contribution >= 0.6 is 15.9 Å². The lowest BCUT2D eigenvalue weighted by Gasteiger charge is -2.15. The van der Waals surface area contributed by atoms with E-state index in [4.69, 9.17) is 10.2 Å². The molecule has 2 N–H and O–H groups in total. The van der Waals surface area contributed by atoms with Crippen LogP contribution in [-0.2, 0) is 11.0 Å². The molecule has 1 aromatic carbocycles. The van der Waals surface area contributed by atoms with Crippen molar-refractivity contribution in [3.05, 3.63) is 33.5 Å². The second kappa shape index (κ2) is 4.61. The van der Waals surface area contributed by atoms with Crippen molar-refractivity contribution in [2.45, 2.75) is 12.3 Å². The molecule has 0 fully saturated rings. The van der Waals surface area contributed by atoms with Gasteiger partial charge in [0.1, 0.15) is 5.82 Å². The molecule has 0 saturated heterocycles. The zero-order chi connectivity index (χ0) is 13.4. The van der Waals surface area contributed by atoms with Crippen molar-refractivity contribution in [3.63, 3.8) is 0 Å². The zero-order valence-electron chi connectivity index (χ0n) is 7.92. The number of halogens is 5. The molecule has 0 aliphatic carbocycles. The average molecular weight is 317 g/mol. The summed E-state index contributed by atoms with van der Waals surface area (Å²) >= 11 is 2.45. The summed E-state index contributed by atoms with van der Waals surface area (Å²) in [5, 5.41) is 17.6. The average Bonchev–Trinajstić information content (AvgIpc) is 2.14. The molecule has 1 aromatic rings. The van der Waals surface area contributed by atoms with Gasteiger partial charge in [0.05, 0.1) is 5.56 Å². The predicted molar refractivity (Wildman–Crippen MR) is 51.7 cm³/mol. The number of carboxylic acid groups (broad SMARTS) is 1. The maximum Gasteiger partial charge on any atom is 0.417 e. The first-order valence-corrected chi connectivity index (χ1v) is 4.91. The smallest absolute Gasteiger partial charge is 0.417 e. The van der Waals surface area contributed by atoms with Gasteiger partial charge < -0.3 is 10.2 Å². The van der Waals surface area contributed by atoms with Crippen molar-refractivity contribution in [1.29, 1.82) is 0 Å². The number of aliphatic carboxylic acids is 1. The highest BCUT2D eigenvalue weighted by Gasteiger charge is 2.36. The molecule has 17 heavy (non-hydrogen) atoms. The van der Waals surface area contributed by atoms with E-state index in [0.29, 0.717) is 12.1 Å². The van der Waals surface area contributed by atoms with Gasteiger partial charge in [0, 0.05) is 10.0 Å². The lowest BCUT2D eigenvalue weighted by Crippen LogP contribution is -2.16. The van der Waals surface area contributed by atoms with Crippen LogP contribution < -0.4 is 0 Å². The van der Waals surface area contributed by atoms with Crippen molar-refractivity contribution in [1.82, 2.24) is 0 Å². The number of aliphatic hydroxyl groups is 1. The van der Waals surface area contributed by atoms with Gasteiger partial charge in [-0.3, -0.25) is 0 Å². The van der Waals surface area contributed by atoms with Gasteiger partial charge in [0.25, 0.3) is 0 Å². The first kappa shape index (κ1) is 13.9. The van der Waals surface area contributed by atoms with Crippen LogP contribution in [0, 0.1) is 5.82 Å². The van der Waals surface area contributed by atoms with Gasteiger partial charge in [-0.2, -0.15) is 13.2 Å². The molecule has 0 heterocycles. The number of hydrogen-bond donors (Lipinski definition) is 2. The fourth-order valence-electron chi connectivity index (χ4n) is 1.16. The normalized spacial score (nSPS) is 13.5. The highest BCUT2D eigenvalue weighted by atomic mass is 79.9. The van der Waals surface area contributed by atoms with E-state index in [9.17, 15) is 22.4 Å². The maximum atomic E-state index is 13.2. The summed E-state index contributed by atoms with van der Waals surface area (Å²) in [7, 11) is 0. The number of rotatable bonds is 2. The Morgan fingerprint density at radius 3 is 2.29 bits per heavy atom. The van der Waals surface area contributed by atoms with Crippen LogP contribution in [0.15, 0.2) is 16.6 Å². The molecule has 0 aliphatic heterocycles. The van der Waals surface area contributed by atoms with Crippen LogP contribution in [0.5, 0.6) is 0 Å². The molecular weight excluding hydrogens is 312 g/mol. The van der Waals surface area contributed by atoms with Crippen LogP contribution in [-0.4, -0.2) is 16.2 Å². The van der Waals surface area contributed by atoms with Crippen LogP contribution in [0.25, 0.3) is 0 Å². The largest absolute Gasteiger partial charge is 0.479 e. The van der Waals surface area contributed by atoms with Crippen molar-refractivity contribution < 1.29 is 32.6 Å². The number of carboxylic acids is 1. The first-order chi connectivity index (χ1) is 7.66. The number of carbonyl (C=O) groups is 1. The van der Waals surface area contributed by atoms with Gasteiger partial charge in [-0.1, -0.05) is 0 Å². The molecule has 0 aromatic heterocycles. The van der Waals surface area contributed by atoms with Gasteiger partial charge >= 0.3 is 12.1 Å². The molecule has 0 spiro atoms. The van der Waals surface area contributed by atoms with E-state index < -0.39 is 39.7 Å². The standard InChI is InChI=1S/C9H5BrF4O3/c10-6-3(9(12,13)14)1-2-4(11)5(6)7(15)8(16)17/h1-2,7,15H,(H,16,17). The van der Waals surface area contributed by atoms with E-state index >= 15 is 0 Å². The molecule has 0 radical (unpaired) electrons. The number of benzene rings is 1. The SMILES string of the molecule is O=C(O)C(O)c1c(F)ccc(C(F)(F)F)c1Br. The quantitative estimate of drug-likeness (QED) is 0.825. The topological polar surface area (TPSA) is 57.5 Å². The summed E-state index contributed by atoms with van der Waals surface area (Å²) in [5.41, 5.74) is -2.21. The number of aliphatic hydroxyl groups excluding tert-OH is 1. The van der Waals surface area contributed by atoms with Gasteiger partial charge in [-0.05, 0) is 28.1 Å². The molecule has 1 rings (SSSR count). The molecule has 0 amide bonds. The zero-order valence-corrected chi connectivity index (χ0v) is 9.51. The van der Waals surface area contributed by atoms with E-state index in [1.807, 2.05) is 0 Å². The second-order valence-electron chi connectivity index (χ2n) is 3.06. The molecule has 8 heteroatoms. The highest BCUT2D eigenvalue weighted by molar-refractivity contribution is 9.10. The molecular formula is C9H5BrF4O3. The van der Waals surface area contributed by atoms with Crippen LogP contribution in [0.4, 0.5) is 17.6 Å². The summed E-state index contributed by atoms with van der Waals surface area (Å²) in [4.78, 5) is 10.4. The van der Waals surface area contributed by atoms with Crippen molar-refractivity contribution >= 4 is 21.9 Å². The third-order valence-electron chi connectivity index (χ3n) is 1.94. The van der Waals surface area contributed by atoms with E-state index in [0.717, 1.165) is 0 Å².